The Morgan fingerprint density at radius 2 is 1.77 bits per heavy atom. The molecule has 1 fully saturated rings. The molecule has 0 aromatic heterocycles. The van der Waals surface area contributed by atoms with Crippen LogP contribution in [0, 0.1) is 0 Å². The van der Waals surface area contributed by atoms with Crippen LogP contribution in [0.4, 0.5) is 5.69 Å². The number of nitrogens with zero attached hydrogens (tertiary/aromatic N) is 1. The molecule has 0 saturated carbocycles. The Balaban J connectivity index is 1.60. The summed E-state index contributed by atoms with van der Waals surface area (Å²) < 4.78 is 37.9. The number of sulfonamides is 1. The van der Waals surface area contributed by atoms with Gasteiger partial charge in [0, 0.05) is 18.7 Å². The van der Waals surface area contributed by atoms with Gasteiger partial charge in [-0.15, -0.1) is 0 Å². The van der Waals surface area contributed by atoms with Gasteiger partial charge in [0.2, 0.25) is 10.0 Å². The van der Waals surface area contributed by atoms with Crippen LogP contribution >= 0.6 is 0 Å². The van der Waals surface area contributed by atoms with E-state index >= 15 is 0 Å². The first-order chi connectivity index (χ1) is 14.5. The maximum absolute atomic E-state index is 13.0. The lowest BCUT2D eigenvalue weighted by Gasteiger charge is -2.26. The van der Waals surface area contributed by atoms with Gasteiger partial charge in [-0.1, -0.05) is 6.07 Å². The molecule has 4 rings (SSSR count). The second-order valence-corrected chi connectivity index (χ2v) is 9.46. The van der Waals surface area contributed by atoms with Gasteiger partial charge in [0.15, 0.2) is 0 Å². The first-order valence-corrected chi connectivity index (χ1v) is 11.6. The summed E-state index contributed by atoms with van der Waals surface area (Å²) in [6.45, 7) is 1.37. The lowest BCUT2D eigenvalue weighted by Crippen LogP contribution is -2.40. The SMILES string of the molecule is COc1ccc(S(=O)(=O)N2CCOCC2)cc1NC(=O)c1ccc2c(c1)CCCC2. The van der Waals surface area contributed by atoms with Gasteiger partial charge >= 0.3 is 0 Å². The van der Waals surface area contributed by atoms with Crippen LogP contribution in [0.2, 0.25) is 0 Å². The normalized spacial score (nSPS) is 17.2. The summed E-state index contributed by atoms with van der Waals surface area (Å²) >= 11 is 0. The molecule has 160 valence electrons. The molecular weight excluding hydrogens is 404 g/mol. The summed E-state index contributed by atoms with van der Waals surface area (Å²) in [4.78, 5) is 13.0. The van der Waals surface area contributed by atoms with Gasteiger partial charge in [-0.2, -0.15) is 4.31 Å². The number of fused-ring (bicyclic) bond motifs is 1. The van der Waals surface area contributed by atoms with Crippen molar-refractivity contribution in [2.24, 2.45) is 0 Å². The number of ether oxygens (including phenoxy) is 2. The number of aryl methyl sites for hydroxylation is 2. The van der Waals surface area contributed by atoms with Crippen LogP contribution in [0.5, 0.6) is 5.75 Å². The van der Waals surface area contributed by atoms with Gasteiger partial charge in [-0.05, 0) is 67.1 Å². The third kappa shape index (κ3) is 4.21. The molecule has 1 aliphatic heterocycles. The number of methoxy groups -OCH3 is 1. The number of nitrogens with one attached hydrogen (secondary N) is 1. The highest BCUT2D eigenvalue weighted by molar-refractivity contribution is 7.89. The van der Waals surface area contributed by atoms with Gasteiger partial charge in [-0.25, -0.2) is 8.42 Å². The highest BCUT2D eigenvalue weighted by Gasteiger charge is 2.27. The summed E-state index contributed by atoms with van der Waals surface area (Å²) in [5.41, 5.74) is 3.40. The molecule has 0 atom stereocenters. The van der Waals surface area contributed by atoms with Crippen molar-refractivity contribution in [3.63, 3.8) is 0 Å². The van der Waals surface area contributed by atoms with Gasteiger partial charge in [0.1, 0.15) is 5.75 Å². The Kier molecular flexibility index (Phi) is 6.08. The molecule has 0 bridgehead atoms. The molecule has 1 saturated heterocycles. The largest absolute Gasteiger partial charge is 0.495 e. The molecule has 1 aliphatic carbocycles. The predicted molar refractivity (Wildman–Crippen MR) is 114 cm³/mol. The first-order valence-electron chi connectivity index (χ1n) is 10.2. The Labute approximate surface area is 177 Å². The molecule has 1 amide bonds. The maximum Gasteiger partial charge on any atom is 0.255 e. The highest BCUT2D eigenvalue weighted by atomic mass is 32.2. The van der Waals surface area contributed by atoms with Gasteiger partial charge in [0.05, 0.1) is 30.9 Å². The molecule has 0 spiro atoms. The van der Waals surface area contributed by atoms with Crippen molar-refractivity contribution in [1.82, 2.24) is 4.31 Å². The Morgan fingerprint density at radius 3 is 2.50 bits per heavy atom. The van der Waals surface area contributed by atoms with Crippen molar-refractivity contribution >= 4 is 21.6 Å². The molecule has 0 unspecified atom stereocenters. The van der Waals surface area contributed by atoms with E-state index in [9.17, 15) is 13.2 Å². The van der Waals surface area contributed by atoms with Crippen molar-refractivity contribution < 1.29 is 22.7 Å². The van der Waals surface area contributed by atoms with Crippen LogP contribution in [0.15, 0.2) is 41.3 Å². The van der Waals surface area contributed by atoms with Gasteiger partial charge < -0.3 is 14.8 Å². The topological polar surface area (TPSA) is 84.9 Å². The minimum atomic E-state index is -3.68. The van der Waals surface area contributed by atoms with Crippen LogP contribution in [-0.2, 0) is 27.6 Å². The number of anilines is 1. The van der Waals surface area contributed by atoms with Crippen LogP contribution in [0.3, 0.4) is 0 Å². The second kappa shape index (κ2) is 8.75. The van der Waals surface area contributed by atoms with E-state index in [0.29, 0.717) is 43.3 Å². The number of morpholine rings is 1. The van der Waals surface area contributed by atoms with Gasteiger partial charge in [0.25, 0.3) is 5.91 Å². The molecule has 7 nitrogen and oxygen atoms in total. The number of carbonyl (C=O) groups is 1. The number of amides is 1. The molecular formula is C22H26N2O5S. The maximum atomic E-state index is 13.0. The molecule has 2 aromatic carbocycles. The number of carbonyl (C=O) groups excluding carboxylic acids is 1. The Hall–Kier alpha value is -2.42. The van der Waals surface area contributed by atoms with Crippen molar-refractivity contribution in [2.45, 2.75) is 30.6 Å². The molecule has 1 N–H and O–H groups in total. The van der Waals surface area contributed by atoms with Crippen molar-refractivity contribution in [1.29, 1.82) is 0 Å². The predicted octanol–water partition coefficient (Wildman–Crippen LogP) is 2.85. The smallest absolute Gasteiger partial charge is 0.255 e. The fourth-order valence-corrected chi connectivity index (χ4v) is 5.39. The standard InChI is InChI=1S/C22H26N2O5S/c1-28-21-9-8-19(30(26,27)24-10-12-29-13-11-24)15-20(21)23-22(25)18-7-6-16-4-2-3-5-17(16)14-18/h6-9,14-15H,2-5,10-13H2,1H3,(H,23,25). The zero-order chi connectivity index (χ0) is 21.1. The average Bonchev–Trinajstić information content (AvgIpc) is 2.79. The number of hydrogen-bond donors (Lipinski definition) is 1. The van der Waals surface area contributed by atoms with Crippen molar-refractivity contribution in [3.05, 3.63) is 53.1 Å². The summed E-state index contributed by atoms with van der Waals surface area (Å²) in [5.74, 6) is 0.116. The second-order valence-electron chi connectivity index (χ2n) is 7.52. The van der Waals surface area contributed by atoms with Crippen LogP contribution in [0.1, 0.15) is 34.3 Å². The highest BCUT2D eigenvalue weighted by Crippen LogP contribution is 2.30. The lowest BCUT2D eigenvalue weighted by molar-refractivity contribution is 0.0730. The van der Waals surface area contributed by atoms with E-state index in [1.165, 1.54) is 41.1 Å². The van der Waals surface area contributed by atoms with E-state index in [1.807, 2.05) is 18.2 Å². The quantitative estimate of drug-likeness (QED) is 0.789. The Morgan fingerprint density at radius 1 is 1.03 bits per heavy atom. The zero-order valence-electron chi connectivity index (χ0n) is 17.0. The third-order valence-corrected chi connectivity index (χ3v) is 7.53. The fraction of sp³-hybridized carbons (Fsp3) is 0.409. The summed E-state index contributed by atoms with van der Waals surface area (Å²) in [6, 6.07) is 10.3. The average molecular weight is 431 g/mol. The number of hydrogen-bond acceptors (Lipinski definition) is 5. The van der Waals surface area contributed by atoms with Crippen LogP contribution < -0.4 is 10.1 Å². The molecule has 0 radical (unpaired) electrons. The minimum absolute atomic E-state index is 0.117. The zero-order valence-corrected chi connectivity index (χ0v) is 17.8. The van der Waals surface area contributed by atoms with E-state index in [2.05, 4.69) is 5.32 Å². The molecule has 2 aliphatic rings. The van der Waals surface area contributed by atoms with Crippen molar-refractivity contribution in [2.75, 3.05) is 38.7 Å². The molecule has 2 aromatic rings. The van der Waals surface area contributed by atoms with E-state index in [-0.39, 0.29) is 10.8 Å². The van der Waals surface area contributed by atoms with Gasteiger partial charge in [-0.3, -0.25) is 4.79 Å². The summed E-state index contributed by atoms with van der Waals surface area (Å²) in [5, 5.41) is 2.83. The summed E-state index contributed by atoms with van der Waals surface area (Å²) in [7, 11) is -2.19. The third-order valence-electron chi connectivity index (χ3n) is 5.64. The van der Waals surface area contributed by atoms with Crippen molar-refractivity contribution in [3.8, 4) is 5.75 Å². The fourth-order valence-electron chi connectivity index (χ4n) is 3.95. The Bertz CT molecular complexity index is 1050. The van der Waals surface area contributed by atoms with E-state index in [1.54, 1.807) is 6.07 Å². The molecule has 30 heavy (non-hydrogen) atoms. The minimum Gasteiger partial charge on any atom is -0.495 e. The van der Waals surface area contributed by atoms with E-state index in [4.69, 9.17) is 9.47 Å². The number of benzene rings is 2. The van der Waals surface area contributed by atoms with Crippen LogP contribution in [-0.4, -0.2) is 52.0 Å². The molecule has 1 heterocycles. The first kappa shape index (κ1) is 20.8. The summed E-state index contributed by atoms with van der Waals surface area (Å²) in [6.07, 6.45) is 4.34. The number of rotatable bonds is 5. The van der Waals surface area contributed by atoms with E-state index in [0.717, 1.165) is 19.3 Å². The lowest BCUT2D eigenvalue weighted by atomic mass is 9.90. The van der Waals surface area contributed by atoms with Crippen LogP contribution in [0.25, 0.3) is 0 Å². The van der Waals surface area contributed by atoms with E-state index < -0.39 is 10.0 Å². The monoisotopic (exact) mass is 430 g/mol. The molecule has 8 heteroatoms.